The third kappa shape index (κ3) is 2.86. The van der Waals surface area contributed by atoms with Crippen LogP contribution >= 0.6 is 0 Å². The molecule has 2 heteroatoms. The van der Waals surface area contributed by atoms with Crippen molar-refractivity contribution >= 4 is 0 Å². The van der Waals surface area contributed by atoms with Gasteiger partial charge in [0, 0.05) is 12.5 Å². The summed E-state index contributed by atoms with van der Waals surface area (Å²) in [5.41, 5.74) is 2.68. The maximum Gasteiger partial charge on any atom is 0.123 e. The summed E-state index contributed by atoms with van der Waals surface area (Å²) in [6.07, 6.45) is 2.17. The van der Waals surface area contributed by atoms with Gasteiger partial charge in [-0.15, -0.1) is 0 Å². The molecule has 1 unspecified atom stereocenters. The van der Waals surface area contributed by atoms with Crippen LogP contribution < -0.4 is 10.1 Å². The van der Waals surface area contributed by atoms with Gasteiger partial charge in [0.15, 0.2) is 0 Å². The van der Waals surface area contributed by atoms with E-state index in [9.17, 15) is 0 Å². The largest absolute Gasteiger partial charge is 0.487 e. The second kappa shape index (κ2) is 4.93. The van der Waals surface area contributed by atoms with Crippen molar-refractivity contribution < 1.29 is 4.74 Å². The van der Waals surface area contributed by atoms with E-state index in [2.05, 4.69) is 51.2 Å². The first-order valence-corrected chi connectivity index (χ1v) is 6.90. The van der Waals surface area contributed by atoms with Crippen LogP contribution in [-0.2, 0) is 6.42 Å². The lowest BCUT2D eigenvalue weighted by Gasteiger charge is -2.19. The van der Waals surface area contributed by atoms with Crippen LogP contribution in [-0.4, -0.2) is 12.6 Å². The van der Waals surface area contributed by atoms with E-state index in [0.717, 1.165) is 12.2 Å². The van der Waals surface area contributed by atoms with E-state index in [1.165, 1.54) is 17.5 Å². The normalized spacial score (nSPS) is 18.6. The summed E-state index contributed by atoms with van der Waals surface area (Å²) in [6, 6.07) is 7.08. The molecule has 0 spiro atoms. The lowest BCUT2D eigenvalue weighted by Crippen LogP contribution is -2.24. The van der Waals surface area contributed by atoms with Gasteiger partial charge in [-0.2, -0.15) is 0 Å². The molecule has 1 aromatic carbocycles. The molecule has 0 amide bonds. The topological polar surface area (TPSA) is 21.3 Å². The molecule has 1 atom stereocenters. The molecule has 1 N–H and O–H groups in total. The Bertz CT molecular complexity index is 423. The second-order valence-corrected chi connectivity index (χ2v) is 6.38. The van der Waals surface area contributed by atoms with E-state index < -0.39 is 0 Å². The van der Waals surface area contributed by atoms with Gasteiger partial charge in [0.25, 0.3) is 0 Å². The van der Waals surface area contributed by atoms with Gasteiger partial charge in [-0.25, -0.2) is 0 Å². The van der Waals surface area contributed by atoms with Crippen molar-refractivity contribution in [2.24, 2.45) is 5.92 Å². The van der Waals surface area contributed by atoms with Crippen molar-refractivity contribution in [2.75, 3.05) is 7.05 Å². The molecule has 0 saturated heterocycles. The Balaban J connectivity index is 2.22. The predicted molar refractivity (Wildman–Crippen MR) is 76.1 cm³/mol. The van der Waals surface area contributed by atoms with Crippen LogP contribution in [0.4, 0.5) is 0 Å². The Kier molecular flexibility index (Phi) is 3.67. The van der Waals surface area contributed by atoms with Gasteiger partial charge in [0.2, 0.25) is 0 Å². The van der Waals surface area contributed by atoms with Crippen molar-refractivity contribution in [3.8, 4) is 5.75 Å². The molecule has 1 aromatic rings. The monoisotopic (exact) mass is 247 g/mol. The summed E-state index contributed by atoms with van der Waals surface area (Å²) in [5.74, 6) is 1.76. The molecule has 0 saturated carbocycles. The van der Waals surface area contributed by atoms with E-state index in [1.807, 2.05) is 7.05 Å². The zero-order valence-electron chi connectivity index (χ0n) is 12.2. The lowest BCUT2D eigenvalue weighted by molar-refractivity contribution is 0.138. The second-order valence-electron chi connectivity index (χ2n) is 6.38. The number of benzene rings is 1. The molecule has 2 nitrogen and oxygen atoms in total. The average Bonchev–Trinajstić information content (AvgIpc) is 2.58. The highest BCUT2D eigenvalue weighted by atomic mass is 16.5. The van der Waals surface area contributed by atoms with Crippen molar-refractivity contribution in [1.82, 2.24) is 5.32 Å². The van der Waals surface area contributed by atoms with Gasteiger partial charge in [-0.3, -0.25) is 0 Å². The fraction of sp³-hybridized carbons (Fsp3) is 0.625. The Morgan fingerprint density at radius 3 is 2.67 bits per heavy atom. The van der Waals surface area contributed by atoms with Crippen LogP contribution in [0.1, 0.15) is 51.3 Å². The van der Waals surface area contributed by atoms with Crippen LogP contribution in [0.15, 0.2) is 18.2 Å². The fourth-order valence-corrected chi connectivity index (χ4v) is 2.74. The zero-order chi connectivity index (χ0) is 13.3. The lowest BCUT2D eigenvalue weighted by atomic mass is 9.94. The molecule has 0 radical (unpaired) electrons. The minimum atomic E-state index is -0.0475. The number of fused-ring (bicyclic) bond motifs is 1. The third-order valence-electron chi connectivity index (χ3n) is 3.54. The van der Waals surface area contributed by atoms with E-state index in [1.54, 1.807) is 0 Å². The van der Waals surface area contributed by atoms with E-state index >= 15 is 0 Å². The van der Waals surface area contributed by atoms with Crippen LogP contribution in [0, 0.1) is 5.92 Å². The van der Waals surface area contributed by atoms with E-state index in [-0.39, 0.29) is 5.60 Å². The summed E-state index contributed by atoms with van der Waals surface area (Å²) >= 11 is 0. The van der Waals surface area contributed by atoms with Crippen molar-refractivity contribution in [1.29, 1.82) is 0 Å². The Hall–Kier alpha value is -1.02. The highest BCUT2D eigenvalue weighted by Crippen LogP contribution is 2.36. The first-order chi connectivity index (χ1) is 8.41. The Morgan fingerprint density at radius 1 is 1.33 bits per heavy atom. The summed E-state index contributed by atoms with van der Waals surface area (Å²) in [7, 11) is 2.04. The van der Waals surface area contributed by atoms with Crippen LogP contribution in [0.2, 0.25) is 0 Å². The van der Waals surface area contributed by atoms with Crippen LogP contribution in [0.5, 0.6) is 5.75 Å². The van der Waals surface area contributed by atoms with Gasteiger partial charge < -0.3 is 10.1 Å². The molecule has 0 fully saturated rings. The van der Waals surface area contributed by atoms with Crippen LogP contribution in [0.3, 0.4) is 0 Å². The highest BCUT2D eigenvalue weighted by Gasteiger charge is 2.30. The Morgan fingerprint density at radius 2 is 2.06 bits per heavy atom. The standard InChI is InChI=1S/C16H25NO/c1-11(2)8-14(17-5)12-6-7-15-13(9-12)10-16(3,4)18-15/h6-7,9,11,14,17H,8,10H2,1-5H3. The molecule has 1 aliphatic heterocycles. The molecule has 1 heterocycles. The molecular weight excluding hydrogens is 222 g/mol. The number of rotatable bonds is 4. The average molecular weight is 247 g/mol. The molecule has 0 aromatic heterocycles. The molecule has 1 aliphatic rings. The number of nitrogens with one attached hydrogen (secondary N) is 1. The minimum Gasteiger partial charge on any atom is -0.487 e. The first-order valence-electron chi connectivity index (χ1n) is 6.90. The van der Waals surface area contributed by atoms with Crippen LogP contribution in [0.25, 0.3) is 0 Å². The fourth-order valence-electron chi connectivity index (χ4n) is 2.74. The smallest absolute Gasteiger partial charge is 0.123 e. The maximum absolute atomic E-state index is 5.92. The summed E-state index contributed by atoms with van der Waals surface area (Å²) in [6.45, 7) is 8.83. The van der Waals surface area contributed by atoms with Crippen molar-refractivity contribution in [3.63, 3.8) is 0 Å². The quantitative estimate of drug-likeness (QED) is 0.876. The molecule has 0 aliphatic carbocycles. The highest BCUT2D eigenvalue weighted by molar-refractivity contribution is 5.42. The van der Waals surface area contributed by atoms with Gasteiger partial charge in [-0.1, -0.05) is 26.0 Å². The number of ether oxygens (including phenoxy) is 1. The third-order valence-corrected chi connectivity index (χ3v) is 3.54. The maximum atomic E-state index is 5.92. The Labute approximate surface area is 111 Å². The van der Waals surface area contributed by atoms with Gasteiger partial charge in [-0.05, 0) is 50.4 Å². The SMILES string of the molecule is CNC(CC(C)C)c1ccc2c(c1)CC(C)(C)O2. The van der Waals surface area contributed by atoms with Gasteiger partial charge in [0.05, 0.1) is 0 Å². The summed E-state index contributed by atoms with van der Waals surface area (Å²) < 4.78 is 5.92. The number of hydrogen-bond acceptors (Lipinski definition) is 2. The molecule has 2 rings (SSSR count). The van der Waals surface area contributed by atoms with E-state index in [4.69, 9.17) is 4.74 Å². The summed E-state index contributed by atoms with van der Waals surface area (Å²) in [5, 5.41) is 3.42. The molecule has 0 bridgehead atoms. The van der Waals surface area contributed by atoms with Crippen molar-refractivity contribution in [2.45, 2.75) is 52.2 Å². The number of hydrogen-bond donors (Lipinski definition) is 1. The molecule has 18 heavy (non-hydrogen) atoms. The molecule has 100 valence electrons. The first kappa shape index (κ1) is 13.4. The zero-order valence-corrected chi connectivity index (χ0v) is 12.2. The minimum absolute atomic E-state index is 0.0475. The predicted octanol–water partition coefficient (Wildman–Crippen LogP) is 3.71. The van der Waals surface area contributed by atoms with Gasteiger partial charge >= 0.3 is 0 Å². The van der Waals surface area contributed by atoms with Gasteiger partial charge in [0.1, 0.15) is 11.4 Å². The molecular formula is C16H25NO. The van der Waals surface area contributed by atoms with Crippen molar-refractivity contribution in [3.05, 3.63) is 29.3 Å². The summed E-state index contributed by atoms with van der Waals surface area (Å²) in [4.78, 5) is 0. The van der Waals surface area contributed by atoms with E-state index in [0.29, 0.717) is 12.0 Å².